The molecule has 1 saturated carbocycles. The second kappa shape index (κ2) is 10.8. The molecule has 2 fully saturated rings. The summed E-state index contributed by atoms with van der Waals surface area (Å²) in [7, 11) is -2.61. The van der Waals surface area contributed by atoms with Crippen molar-refractivity contribution in [3.63, 3.8) is 0 Å². The Bertz CT molecular complexity index is 1100. The largest absolute Gasteiger partial charge is 0.444 e. The number of likely N-dealkylation sites (N-methyl/N-ethyl adjacent to an activating group) is 1. The van der Waals surface area contributed by atoms with E-state index < -0.39 is 44.4 Å². The lowest BCUT2D eigenvalue weighted by atomic mass is 9.97. The predicted octanol–water partition coefficient (Wildman–Crippen LogP) is 4.26. The molecule has 0 radical (unpaired) electrons. The highest BCUT2D eigenvalue weighted by Crippen LogP contribution is 2.41. The molecule has 37 heavy (non-hydrogen) atoms. The van der Waals surface area contributed by atoms with E-state index in [0.29, 0.717) is 31.7 Å². The first-order chi connectivity index (χ1) is 17.0. The number of carbonyl (C=O) groups is 2. The maximum Gasteiger partial charge on any atom is 0.416 e. The first-order valence-electron chi connectivity index (χ1n) is 12.5. The number of rotatable bonds is 7. The van der Waals surface area contributed by atoms with Gasteiger partial charge in [-0.15, -0.1) is 0 Å². The van der Waals surface area contributed by atoms with Crippen molar-refractivity contribution in [2.24, 2.45) is 11.8 Å². The van der Waals surface area contributed by atoms with Gasteiger partial charge in [-0.2, -0.15) is 17.5 Å². The highest BCUT2D eigenvalue weighted by Gasteiger charge is 2.47. The Labute approximate surface area is 216 Å². The van der Waals surface area contributed by atoms with Gasteiger partial charge in [0, 0.05) is 26.2 Å². The molecule has 0 aromatic heterocycles. The zero-order valence-electron chi connectivity index (χ0n) is 21.8. The molecule has 12 heteroatoms. The highest BCUT2D eigenvalue weighted by atomic mass is 32.2. The van der Waals surface area contributed by atoms with Crippen LogP contribution in [0.3, 0.4) is 0 Å². The molecule has 1 N–H and O–H groups in total. The van der Waals surface area contributed by atoms with Crippen molar-refractivity contribution in [3.8, 4) is 0 Å². The van der Waals surface area contributed by atoms with Crippen LogP contribution in [0.1, 0.15) is 58.9 Å². The van der Waals surface area contributed by atoms with E-state index in [4.69, 9.17) is 4.74 Å². The van der Waals surface area contributed by atoms with Crippen molar-refractivity contribution in [1.29, 1.82) is 0 Å². The van der Waals surface area contributed by atoms with E-state index in [2.05, 4.69) is 5.32 Å². The molecule has 208 valence electrons. The molecular formula is C25H36F3N3O5S. The highest BCUT2D eigenvalue weighted by molar-refractivity contribution is 7.89. The minimum absolute atomic E-state index is 0.0147. The number of nitrogens with one attached hydrogen (secondary N) is 1. The van der Waals surface area contributed by atoms with Crippen LogP contribution in [0.4, 0.5) is 18.0 Å². The summed E-state index contributed by atoms with van der Waals surface area (Å²) in [5, 5.41) is 3.02. The fourth-order valence-electron chi connectivity index (χ4n) is 5.10. The summed E-state index contributed by atoms with van der Waals surface area (Å²) >= 11 is 0. The van der Waals surface area contributed by atoms with Crippen LogP contribution in [-0.2, 0) is 25.7 Å². The molecule has 3 rings (SSSR count). The molecule has 1 heterocycles. The summed E-state index contributed by atoms with van der Waals surface area (Å²) in [5.41, 5.74) is -1.73. The van der Waals surface area contributed by atoms with Crippen molar-refractivity contribution in [3.05, 3.63) is 29.8 Å². The molecular weight excluding hydrogens is 511 g/mol. The van der Waals surface area contributed by atoms with Gasteiger partial charge in [0.25, 0.3) is 0 Å². The smallest absolute Gasteiger partial charge is 0.416 e. The first kappa shape index (κ1) is 29.2. The van der Waals surface area contributed by atoms with Gasteiger partial charge >= 0.3 is 12.3 Å². The average molecular weight is 548 g/mol. The Kier molecular flexibility index (Phi) is 8.53. The van der Waals surface area contributed by atoms with Gasteiger partial charge < -0.3 is 10.1 Å². The fourth-order valence-corrected chi connectivity index (χ4v) is 6.68. The Hall–Kier alpha value is -2.34. The van der Waals surface area contributed by atoms with Crippen LogP contribution in [0.25, 0.3) is 0 Å². The fraction of sp³-hybridized carbons (Fsp3) is 0.680. The van der Waals surface area contributed by atoms with Crippen molar-refractivity contribution >= 4 is 22.0 Å². The van der Waals surface area contributed by atoms with Crippen molar-refractivity contribution in [2.75, 3.05) is 20.1 Å². The Morgan fingerprint density at radius 3 is 2.46 bits per heavy atom. The Morgan fingerprint density at radius 1 is 1.19 bits per heavy atom. The van der Waals surface area contributed by atoms with Gasteiger partial charge in [0.1, 0.15) is 11.6 Å². The Balaban J connectivity index is 1.71. The summed E-state index contributed by atoms with van der Waals surface area (Å²) in [6.07, 6.45) is -2.82. The van der Waals surface area contributed by atoms with Gasteiger partial charge in [-0.1, -0.05) is 19.4 Å². The van der Waals surface area contributed by atoms with Gasteiger partial charge in [-0.05, 0) is 70.1 Å². The molecule has 4 atom stereocenters. The molecule has 1 aliphatic carbocycles. The number of alkyl halides is 3. The van der Waals surface area contributed by atoms with Crippen LogP contribution in [0.2, 0.25) is 0 Å². The monoisotopic (exact) mass is 547 g/mol. The summed E-state index contributed by atoms with van der Waals surface area (Å²) in [5.74, 6) is -0.516. The quantitative estimate of drug-likeness (QED) is 0.551. The molecule has 1 aliphatic heterocycles. The second-order valence-corrected chi connectivity index (χ2v) is 12.8. The van der Waals surface area contributed by atoms with E-state index >= 15 is 0 Å². The second-order valence-electron chi connectivity index (χ2n) is 10.9. The van der Waals surface area contributed by atoms with Crippen LogP contribution < -0.4 is 5.32 Å². The number of hydrogen-bond acceptors (Lipinski definition) is 5. The molecule has 2 aliphatic rings. The average Bonchev–Trinajstić information content (AvgIpc) is 3.38. The molecule has 2 amide bonds. The van der Waals surface area contributed by atoms with E-state index in [1.54, 1.807) is 20.8 Å². The number of ether oxygens (including phenoxy) is 1. The number of benzene rings is 1. The lowest BCUT2D eigenvalue weighted by Gasteiger charge is -2.31. The van der Waals surface area contributed by atoms with Crippen molar-refractivity contribution in [2.45, 2.75) is 82.1 Å². The first-order valence-corrected chi connectivity index (χ1v) is 13.9. The molecule has 1 aromatic carbocycles. The number of hydrogen-bond donors (Lipinski definition) is 1. The molecule has 1 aromatic rings. The van der Waals surface area contributed by atoms with E-state index in [9.17, 15) is 31.2 Å². The van der Waals surface area contributed by atoms with Gasteiger partial charge in [0.05, 0.1) is 10.5 Å². The summed E-state index contributed by atoms with van der Waals surface area (Å²) in [6, 6.07) is 2.70. The number of nitrogens with zero attached hydrogens (tertiary/aromatic N) is 2. The minimum atomic E-state index is -4.65. The van der Waals surface area contributed by atoms with Gasteiger partial charge in [0.15, 0.2) is 0 Å². The molecule has 8 nitrogen and oxygen atoms in total. The molecule has 1 saturated heterocycles. The summed E-state index contributed by atoms with van der Waals surface area (Å²) in [4.78, 5) is 26.7. The van der Waals surface area contributed by atoms with Crippen molar-refractivity contribution in [1.82, 2.24) is 14.5 Å². The van der Waals surface area contributed by atoms with Crippen molar-refractivity contribution < 1.29 is 35.9 Å². The normalized spacial score (nSPS) is 23.4. The number of fused-ring (bicyclic) bond motifs is 1. The number of halogens is 3. The summed E-state index contributed by atoms with van der Waals surface area (Å²) < 4.78 is 72.3. The maximum atomic E-state index is 13.2. The van der Waals surface area contributed by atoms with Crippen LogP contribution in [0, 0.1) is 11.8 Å². The molecule has 0 spiro atoms. The van der Waals surface area contributed by atoms with Gasteiger partial charge in [-0.25, -0.2) is 13.2 Å². The van der Waals surface area contributed by atoms with E-state index in [-0.39, 0.29) is 36.9 Å². The third-order valence-corrected chi connectivity index (χ3v) is 8.79. The van der Waals surface area contributed by atoms with Gasteiger partial charge in [0.2, 0.25) is 15.9 Å². The number of amides is 2. The van der Waals surface area contributed by atoms with E-state index in [1.165, 1.54) is 22.3 Å². The molecule has 0 bridgehead atoms. The van der Waals surface area contributed by atoms with Gasteiger partial charge in [-0.3, -0.25) is 9.69 Å². The minimum Gasteiger partial charge on any atom is -0.444 e. The predicted molar refractivity (Wildman–Crippen MR) is 131 cm³/mol. The lowest BCUT2D eigenvalue weighted by molar-refractivity contribution is -0.137. The standard InChI is InChI=1S/C25H36F3N3O5S/c1-6-8-21(30(5)23(33)36-24(2,3)4)22(32)29-20-12-11-16-14-31(15-19(16)20)37(34,35)18-10-7-9-17(13-18)25(26,27)28/h7,9-10,13,16,19-21H,6,8,11-12,14-15H2,1-5H3,(H,29,32)/t16-,19+,20+,21+/m1/s1. The third-order valence-electron chi connectivity index (χ3n) is 6.96. The van der Waals surface area contributed by atoms with E-state index in [1.807, 2.05) is 6.92 Å². The topological polar surface area (TPSA) is 96.0 Å². The number of sulfonamides is 1. The zero-order valence-corrected chi connectivity index (χ0v) is 22.7. The van der Waals surface area contributed by atoms with Crippen LogP contribution in [-0.4, -0.2) is 67.4 Å². The van der Waals surface area contributed by atoms with Crippen LogP contribution in [0.15, 0.2) is 29.2 Å². The Morgan fingerprint density at radius 2 is 1.86 bits per heavy atom. The van der Waals surface area contributed by atoms with Crippen LogP contribution in [0.5, 0.6) is 0 Å². The SMILES string of the molecule is CCC[C@@H](C(=O)N[C@H]1CC[C@@H]2CN(S(=O)(=O)c3cccc(C(F)(F)F)c3)C[C@@H]21)N(C)C(=O)OC(C)(C)C. The number of carbonyl (C=O) groups excluding carboxylic acids is 2. The maximum absolute atomic E-state index is 13.2. The zero-order chi connectivity index (χ0) is 27.8. The van der Waals surface area contributed by atoms with Crippen LogP contribution >= 0.6 is 0 Å². The molecule has 0 unspecified atom stereocenters. The lowest BCUT2D eigenvalue weighted by Crippen LogP contribution is -2.52. The third kappa shape index (κ3) is 6.76. The summed E-state index contributed by atoms with van der Waals surface area (Å²) in [6.45, 7) is 7.42. The van der Waals surface area contributed by atoms with E-state index in [0.717, 1.165) is 12.1 Å².